The number of rotatable bonds is 9. The third kappa shape index (κ3) is 6.19. The molecule has 10 nitrogen and oxygen atoms in total. The Morgan fingerprint density at radius 1 is 1.06 bits per heavy atom. The predicted octanol–water partition coefficient (Wildman–Crippen LogP) is 1.86. The van der Waals surface area contributed by atoms with Gasteiger partial charge in [-0.25, -0.2) is 4.98 Å². The van der Waals surface area contributed by atoms with Crippen LogP contribution < -0.4 is 25.0 Å². The molecule has 1 unspecified atom stereocenters. The summed E-state index contributed by atoms with van der Waals surface area (Å²) in [7, 11) is 0. The molecule has 2 aliphatic heterocycles. The highest BCUT2D eigenvalue weighted by molar-refractivity contribution is 6.01. The van der Waals surface area contributed by atoms with Gasteiger partial charge in [-0.3, -0.25) is 14.4 Å². The molecule has 10 heteroatoms. The normalized spacial score (nSPS) is 16.3. The number of hydrogen-bond donors (Lipinski definition) is 2. The van der Waals surface area contributed by atoms with Crippen LogP contribution in [0.25, 0.3) is 0 Å². The Kier molecular flexibility index (Phi) is 7.36. The van der Waals surface area contributed by atoms with Gasteiger partial charge in [0.2, 0.25) is 24.5 Å². The first-order valence-corrected chi connectivity index (χ1v) is 10.9. The van der Waals surface area contributed by atoms with Gasteiger partial charge in [0.15, 0.2) is 11.5 Å². The number of ether oxygens (including phenoxy) is 3. The second kappa shape index (κ2) is 10.8. The number of pyridine rings is 1. The second-order valence-corrected chi connectivity index (χ2v) is 7.72. The van der Waals surface area contributed by atoms with E-state index in [1.165, 1.54) is 4.90 Å². The van der Waals surface area contributed by atoms with Crippen LogP contribution in [0, 0.1) is 0 Å². The number of nitrogens with zero attached hydrogens (tertiary/aromatic N) is 2. The molecule has 2 aromatic rings. The number of amides is 3. The minimum atomic E-state index is -0.364. The number of carbonyl (C=O) groups is 3. The van der Waals surface area contributed by atoms with Crippen molar-refractivity contribution in [3.05, 3.63) is 42.6 Å². The molecule has 0 aliphatic carbocycles. The summed E-state index contributed by atoms with van der Waals surface area (Å²) in [6, 6.07) is 10.2. The zero-order valence-electron chi connectivity index (χ0n) is 18.1. The molecular weight excluding hydrogens is 428 g/mol. The Hall–Kier alpha value is -3.66. The molecule has 1 atom stereocenters. The van der Waals surface area contributed by atoms with E-state index in [9.17, 15) is 14.4 Å². The van der Waals surface area contributed by atoms with Crippen LogP contribution in [-0.4, -0.2) is 55.3 Å². The number of nitrogens with one attached hydrogen (secondary N) is 2. The lowest BCUT2D eigenvalue weighted by molar-refractivity contribution is -0.125. The van der Waals surface area contributed by atoms with Crippen LogP contribution in [0.1, 0.15) is 25.7 Å². The molecule has 1 aromatic carbocycles. The molecule has 0 radical (unpaired) electrons. The van der Waals surface area contributed by atoms with Crippen molar-refractivity contribution in [1.82, 2.24) is 10.3 Å². The fourth-order valence-electron chi connectivity index (χ4n) is 3.61. The predicted molar refractivity (Wildman–Crippen MR) is 119 cm³/mol. The highest BCUT2D eigenvalue weighted by atomic mass is 16.7. The average Bonchev–Trinajstić information content (AvgIpc) is 3.52. The fraction of sp³-hybridized carbons (Fsp3) is 0.391. The van der Waals surface area contributed by atoms with E-state index < -0.39 is 0 Å². The minimum absolute atomic E-state index is 0.000985. The van der Waals surface area contributed by atoms with Crippen LogP contribution in [-0.2, 0) is 19.1 Å². The molecule has 33 heavy (non-hydrogen) atoms. The van der Waals surface area contributed by atoms with Gasteiger partial charge in [0.25, 0.3) is 0 Å². The first-order chi connectivity index (χ1) is 16.1. The number of fused-ring (bicyclic) bond motifs is 1. The Morgan fingerprint density at radius 2 is 1.94 bits per heavy atom. The molecule has 3 heterocycles. The zero-order chi connectivity index (χ0) is 23.0. The lowest BCUT2D eigenvalue weighted by atomic mass is 10.2. The standard InChI is InChI=1S/C23H26N4O6/c28-21(26-20-5-1-2-10-24-20)8-9-23(30)27(14-22(29)25-13-17-4-3-11-31-17)16-6-7-18-19(12-16)33-15-32-18/h1-2,5-7,10,12,17H,3-4,8-9,11,13-15H2,(H,25,29)(H,24,26,28). The number of carbonyl (C=O) groups excluding carboxylic acids is 3. The molecule has 0 saturated carbocycles. The third-order valence-corrected chi connectivity index (χ3v) is 5.32. The van der Waals surface area contributed by atoms with Crippen molar-refractivity contribution in [3.8, 4) is 11.5 Å². The summed E-state index contributed by atoms with van der Waals surface area (Å²) in [5.74, 6) is 0.472. The molecule has 1 aromatic heterocycles. The first kappa shape index (κ1) is 22.5. The monoisotopic (exact) mass is 454 g/mol. The van der Waals surface area contributed by atoms with Crippen LogP contribution in [0.3, 0.4) is 0 Å². The van der Waals surface area contributed by atoms with Crippen LogP contribution in [0.4, 0.5) is 11.5 Å². The highest BCUT2D eigenvalue weighted by Gasteiger charge is 2.24. The maximum atomic E-state index is 13.1. The van der Waals surface area contributed by atoms with Crippen molar-refractivity contribution in [2.45, 2.75) is 31.8 Å². The Balaban J connectivity index is 1.39. The number of anilines is 2. The van der Waals surface area contributed by atoms with Gasteiger partial charge in [0.1, 0.15) is 12.4 Å². The molecule has 3 amide bonds. The van der Waals surface area contributed by atoms with Crippen LogP contribution in [0.2, 0.25) is 0 Å². The number of benzene rings is 1. The summed E-state index contributed by atoms with van der Waals surface area (Å²) in [5.41, 5.74) is 0.488. The molecule has 1 fully saturated rings. The van der Waals surface area contributed by atoms with Gasteiger partial charge >= 0.3 is 0 Å². The van der Waals surface area contributed by atoms with Gasteiger partial charge in [0.05, 0.1) is 6.10 Å². The second-order valence-electron chi connectivity index (χ2n) is 7.72. The van der Waals surface area contributed by atoms with Gasteiger partial charge in [0, 0.05) is 43.9 Å². The van der Waals surface area contributed by atoms with Gasteiger partial charge < -0.3 is 29.7 Å². The topological polar surface area (TPSA) is 119 Å². The van der Waals surface area contributed by atoms with Crippen molar-refractivity contribution in [2.75, 3.05) is 36.7 Å². The molecule has 4 rings (SSSR count). The molecule has 0 spiro atoms. The summed E-state index contributed by atoms with van der Waals surface area (Å²) in [6.45, 7) is 1.01. The lowest BCUT2D eigenvalue weighted by Crippen LogP contribution is -2.43. The van der Waals surface area contributed by atoms with Crippen LogP contribution in [0.5, 0.6) is 11.5 Å². The largest absolute Gasteiger partial charge is 0.454 e. The van der Waals surface area contributed by atoms with Gasteiger partial charge in [-0.1, -0.05) is 6.07 Å². The fourth-order valence-corrected chi connectivity index (χ4v) is 3.61. The summed E-state index contributed by atoms with van der Waals surface area (Å²) in [5, 5.41) is 5.48. The first-order valence-electron chi connectivity index (χ1n) is 10.9. The van der Waals surface area contributed by atoms with Gasteiger partial charge in [-0.15, -0.1) is 0 Å². The molecule has 2 N–H and O–H groups in total. The Bertz CT molecular complexity index is 994. The highest BCUT2D eigenvalue weighted by Crippen LogP contribution is 2.35. The minimum Gasteiger partial charge on any atom is -0.454 e. The molecule has 174 valence electrons. The molecular formula is C23H26N4O6. The van der Waals surface area contributed by atoms with E-state index in [4.69, 9.17) is 14.2 Å². The van der Waals surface area contributed by atoms with Gasteiger partial charge in [-0.2, -0.15) is 0 Å². The SMILES string of the molecule is O=C(CN(C(=O)CCC(=O)Nc1ccccn1)c1ccc2c(c1)OCO2)NCC1CCCO1. The smallest absolute Gasteiger partial charge is 0.240 e. The van der Waals surface area contributed by atoms with E-state index in [-0.39, 0.29) is 50.0 Å². The maximum absolute atomic E-state index is 13.1. The number of aromatic nitrogens is 1. The van der Waals surface area contributed by atoms with Crippen molar-refractivity contribution < 1.29 is 28.6 Å². The van der Waals surface area contributed by atoms with Crippen molar-refractivity contribution in [3.63, 3.8) is 0 Å². The van der Waals surface area contributed by atoms with Gasteiger partial charge in [-0.05, 0) is 37.1 Å². The molecule has 0 bridgehead atoms. The van der Waals surface area contributed by atoms with E-state index in [2.05, 4.69) is 15.6 Å². The van der Waals surface area contributed by atoms with E-state index >= 15 is 0 Å². The van der Waals surface area contributed by atoms with E-state index in [1.54, 1.807) is 42.6 Å². The lowest BCUT2D eigenvalue weighted by Gasteiger charge is -2.23. The van der Waals surface area contributed by atoms with E-state index in [0.29, 0.717) is 36.2 Å². The van der Waals surface area contributed by atoms with Crippen molar-refractivity contribution in [2.24, 2.45) is 0 Å². The summed E-state index contributed by atoms with van der Waals surface area (Å²) < 4.78 is 16.3. The van der Waals surface area contributed by atoms with E-state index in [0.717, 1.165) is 12.8 Å². The van der Waals surface area contributed by atoms with Crippen molar-refractivity contribution >= 4 is 29.2 Å². The average molecular weight is 454 g/mol. The van der Waals surface area contributed by atoms with Crippen molar-refractivity contribution in [1.29, 1.82) is 0 Å². The zero-order valence-corrected chi connectivity index (χ0v) is 18.1. The summed E-state index contributed by atoms with van der Waals surface area (Å²) in [6.07, 6.45) is 3.32. The molecule has 1 saturated heterocycles. The Morgan fingerprint density at radius 3 is 2.73 bits per heavy atom. The maximum Gasteiger partial charge on any atom is 0.240 e. The summed E-state index contributed by atoms with van der Waals surface area (Å²) >= 11 is 0. The van der Waals surface area contributed by atoms with Crippen LogP contribution in [0.15, 0.2) is 42.6 Å². The summed E-state index contributed by atoms with van der Waals surface area (Å²) in [4.78, 5) is 43.3. The quantitative estimate of drug-likeness (QED) is 0.594. The number of hydrogen-bond acceptors (Lipinski definition) is 7. The Labute approximate surface area is 191 Å². The van der Waals surface area contributed by atoms with E-state index in [1.807, 2.05) is 0 Å². The molecule has 2 aliphatic rings. The third-order valence-electron chi connectivity index (χ3n) is 5.32. The van der Waals surface area contributed by atoms with Crippen LogP contribution >= 0.6 is 0 Å².